The highest BCUT2D eigenvalue weighted by atomic mass is 79.9. The molecule has 0 aliphatic heterocycles. The Morgan fingerprint density at radius 1 is 1.38 bits per heavy atom. The first-order valence-electron chi connectivity index (χ1n) is 5.22. The van der Waals surface area contributed by atoms with Gasteiger partial charge in [-0.3, -0.25) is 0 Å². The molecule has 0 bridgehead atoms. The Balaban J connectivity index is 2.51. The van der Waals surface area contributed by atoms with Crippen molar-refractivity contribution in [3.8, 4) is 0 Å². The average molecular weight is 284 g/mol. The van der Waals surface area contributed by atoms with Gasteiger partial charge in [0.15, 0.2) is 0 Å². The van der Waals surface area contributed by atoms with Crippen molar-refractivity contribution in [3.63, 3.8) is 0 Å². The number of carbonyl (C=O) groups excluding carboxylic acids is 1. The van der Waals surface area contributed by atoms with Gasteiger partial charge in [-0.15, -0.1) is 0 Å². The first kappa shape index (κ1) is 11.5. The molecule has 0 amide bonds. The van der Waals surface area contributed by atoms with Crippen molar-refractivity contribution < 1.29 is 9.18 Å². The van der Waals surface area contributed by atoms with Crippen molar-refractivity contribution in [2.24, 2.45) is 4.99 Å². The minimum Gasteiger partial charge on any atom is -0.211 e. The van der Waals surface area contributed by atoms with Crippen molar-refractivity contribution in [1.29, 1.82) is 0 Å². The molecule has 4 heteroatoms. The first-order valence-corrected chi connectivity index (χ1v) is 6.02. The molecule has 1 aromatic rings. The highest BCUT2D eigenvalue weighted by Gasteiger charge is 2.37. The Labute approximate surface area is 102 Å². The summed E-state index contributed by atoms with van der Waals surface area (Å²) >= 11 is 3.33. The molecule has 1 fully saturated rings. The fraction of sp³-hybridized carbons (Fsp3) is 0.417. The van der Waals surface area contributed by atoms with Gasteiger partial charge >= 0.3 is 0 Å². The van der Waals surface area contributed by atoms with Gasteiger partial charge < -0.3 is 0 Å². The molecule has 0 unspecified atom stereocenters. The summed E-state index contributed by atoms with van der Waals surface area (Å²) in [6.07, 6.45) is 5.38. The molecule has 0 aromatic heterocycles. The molecular weight excluding hydrogens is 273 g/mol. The lowest BCUT2D eigenvalue weighted by Gasteiger charge is -2.24. The fourth-order valence-corrected chi connectivity index (χ4v) is 3.08. The number of halogens is 2. The van der Waals surface area contributed by atoms with Crippen LogP contribution in [0.15, 0.2) is 27.7 Å². The summed E-state index contributed by atoms with van der Waals surface area (Å²) in [5.41, 5.74) is 0.392. The summed E-state index contributed by atoms with van der Waals surface area (Å²) in [5.74, 6) is -0.293. The Kier molecular flexibility index (Phi) is 3.22. The van der Waals surface area contributed by atoms with E-state index >= 15 is 0 Å². The molecule has 0 atom stereocenters. The van der Waals surface area contributed by atoms with Gasteiger partial charge in [0.05, 0.1) is 5.54 Å². The lowest BCUT2D eigenvalue weighted by molar-refractivity contribution is 0.453. The third kappa shape index (κ3) is 1.95. The zero-order chi connectivity index (χ0) is 11.6. The van der Waals surface area contributed by atoms with Crippen LogP contribution in [0.5, 0.6) is 0 Å². The van der Waals surface area contributed by atoms with Gasteiger partial charge in [0, 0.05) is 4.47 Å². The minimum absolute atomic E-state index is 0.293. The monoisotopic (exact) mass is 283 g/mol. The zero-order valence-electron chi connectivity index (χ0n) is 8.67. The van der Waals surface area contributed by atoms with Gasteiger partial charge in [-0.05, 0) is 30.5 Å². The smallest absolute Gasteiger partial charge is 0.211 e. The van der Waals surface area contributed by atoms with Gasteiger partial charge in [-0.1, -0.05) is 34.8 Å². The van der Waals surface area contributed by atoms with Gasteiger partial charge in [0.2, 0.25) is 6.08 Å². The van der Waals surface area contributed by atoms with Crippen molar-refractivity contribution in [2.45, 2.75) is 31.2 Å². The fourth-order valence-electron chi connectivity index (χ4n) is 2.36. The Morgan fingerprint density at radius 2 is 2.06 bits per heavy atom. The van der Waals surface area contributed by atoms with Gasteiger partial charge in [0.25, 0.3) is 0 Å². The summed E-state index contributed by atoms with van der Waals surface area (Å²) < 4.78 is 13.7. The quantitative estimate of drug-likeness (QED) is 0.601. The number of hydrogen-bond acceptors (Lipinski definition) is 2. The second kappa shape index (κ2) is 4.48. The third-order valence-electron chi connectivity index (χ3n) is 3.12. The van der Waals surface area contributed by atoms with Crippen LogP contribution in [0, 0.1) is 5.82 Å². The maximum Gasteiger partial charge on any atom is 0.235 e. The van der Waals surface area contributed by atoms with Gasteiger partial charge in [-0.25, -0.2) is 9.18 Å². The molecule has 2 nitrogen and oxygen atoms in total. The van der Waals surface area contributed by atoms with Gasteiger partial charge in [-0.2, -0.15) is 4.99 Å². The predicted octanol–water partition coefficient (Wildman–Crippen LogP) is 3.69. The Morgan fingerprint density at radius 3 is 2.62 bits per heavy atom. The van der Waals surface area contributed by atoms with Crippen LogP contribution in [0.3, 0.4) is 0 Å². The summed E-state index contributed by atoms with van der Waals surface area (Å²) in [6.45, 7) is 0. The molecule has 1 saturated carbocycles. The summed E-state index contributed by atoms with van der Waals surface area (Å²) in [4.78, 5) is 14.5. The number of rotatable bonds is 2. The van der Waals surface area contributed by atoms with E-state index < -0.39 is 5.54 Å². The number of isocyanates is 1. The molecule has 0 radical (unpaired) electrons. The molecule has 1 aromatic carbocycles. The highest BCUT2D eigenvalue weighted by molar-refractivity contribution is 9.10. The normalized spacial score (nSPS) is 18.1. The van der Waals surface area contributed by atoms with E-state index in [-0.39, 0.29) is 5.82 Å². The van der Waals surface area contributed by atoms with Crippen LogP contribution in [-0.4, -0.2) is 6.08 Å². The van der Waals surface area contributed by atoms with Crippen LogP contribution in [0.4, 0.5) is 4.39 Å². The van der Waals surface area contributed by atoms with E-state index in [1.54, 1.807) is 12.1 Å². The Bertz CT molecular complexity index is 448. The molecule has 1 aliphatic carbocycles. The molecule has 0 spiro atoms. The van der Waals surface area contributed by atoms with Crippen molar-refractivity contribution in [1.82, 2.24) is 0 Å². The summed E-state index contributed by atoms with van der Waals surface area (Å²) in [6, 6.07) is 4.52. The van der Waals surface area contributed by atoms with Crippen LogP contribution < -0.4 is 0 Å². The number of benzene rings is 1. The average Bonchev–Trinajstić information content (AvgIpc) is 2.67. The lowest BCUT2D eigenvalue weighted by atomic mass is 9.89. The standard InChI is InChI=1S/C12H11BrFNO/c13-11-7-9(14)3-4-10(11)12(15-8-16)5-1-2-6-12/h3-4,7H,1-2,5-6H2. The van der Waals surface area contributed by atoms with Crippen LogP contribution in [0.2, 0.25) is 0 Å². The maximum atomic E-state index is 13.0. The molecular formula is C12H11BrFNO. The summed E-state index contributed by atoms with van der Waals surface area (Å²) in [5, 5.41) is 0. The van der Waals surface area contributed by atoms with Gasteiger partial charge in [0.1, 0.15) is 5.82 Å². The van der Waals surface area contributed by atoms with E-state index in [2.05, 4.69) is 20.9 Å². The maximum absolute atomic E-state index is 13.0. The predicted molar refractivity (Wildman–Crippen MR) is 62.4 cm³/mol. The van der Waals surface area contributed by atoms with E-state index in [4.69, 9.17) is 0 Å². The molecule has 1 aliphatic rings. The van der Waals surface area contributed by atoms with Crippen LogP contribution in [0.1, 0.15) is 31.2 Å². The SMILES string of the molecule is O=C=NC1(c2ccc(F)cc2Br)CCCC1. The number of hydrogen-bond donors (Lipinski definition) is 0. The first-order chi connectivity index (χ1) is 7.68. The Hall–Kier alpha value is -0.990. The van der Waals surface area contributed by atoms with Crippen molar-refractivity contribution in [3.05, 3.63) is 34.1 Å². The van der Waals surface area contributed by atoms with E-state index in [9.17, 15) is 9.18 Å². The summed E-state index contributed by atoms with van der Waals surface area (Å²) in [7, 11) is 0. The van der Waals surface area contributed by atoms with E-state index in [1.165, 1.54) is 12.1 Å². The van der Waals surface area contributed by atoms with Crippen molar-refractivity contribution >= 4 is 22.0 Å². The van der Waals surface area contributed by atoms with Crippen LogP contribution >= 0.6 is 15.9 Å². The molecule has 16 heavy (non-hydrogen) atoms. The van der Waals surface area contributed by atoms with E-state index in [0.717, 1.165) is 31.2 Å². The molecule has 0 saturated heterocycles. The number of nitrogens with zero attached hydrogens (tertiary/aromatic N) is 1. The lowest BCUT2D eigenvalue weighted by Crippen LogP contribution is -2.19. The number of aliphatic imine (C=N–C) groups is 1. The van der Waals surface area contributed by atoms with Crippen molar-refractivity contribution in [2.75, 3.05) is 0 Å². The van der Waals surface area contributed by atoms with E-state index in [0.29, 0.717) is 4.47 Å². The molecule has 0 heterocycles. The molecule has 2 rings (SSSR count). The second-order valence-corrected chi connectivity index (χ2v) is 4.92. The topological polar surface area (TPSA) is 29.4 Å². The largest absolute Gasteiger partial charge is 0.235 e. The van der Waals surface area contributed by atoms with Crippen LogP contribution in [0.25, 0.3) is 0 Å². The zero-order valence-corrected chi connectivity index (χ0v) is 10.3. The second-order valence-electron chi connectivity index (χ2n) is 4.07. The molecule has 0 N–H and O–H groups in total. The minimum atomic E-state index is -0.492. The molecule has 84 valence electrons. The van der Waals surface area contributed by atoms with Crippen LogP contribution in [-0.2, 0) is 10.3 Å². The highest BCUT2D eigenvalue weighted by Crippen LogP contribution is 2.44. The van der Waals surface area contributed by atoms with E-state index in [1.807, 2.05) is 0 Å². The third-order valence-corrected chi connectivity index (χ3v) is 3.78.